The molecule has 4 rings (SSSR count). The molecule has 0 amide bonds. The van der Waals surface area contributed by atoms with Crippen molar-refractivity contribution < 1.29 is 4.52 Å². The van der Waals surface area contributed by atoms with Crippen molar-refractivity contribution in [2.45, 2.75) is 51.1 Å². The lowest BCUT2D eigenvalue weighted by Gasteiger charge is -2.10. The maximum absolute atomic E-state index is 12.9. The van der Waals surface area contributed by atoms with Gasteiger partial charge in [-0.25, -0.2) is 0 Å². The fourth-order valence-corrected chi connectivity index (χ4v) is 3.95. The van der Waals surface area contributed by atoms with Crippen LogP contribution < -0.4 is 5.56 Å². The topological polar surface area (TPSA) is 91.1 Å². The van der Waals surface area contributed by atoms with Crippen LogP contribution in [0.2, 0.25) is 0 Å². The van der Waals surface area contributed by atoms with E-state index in [0.29, 0.717) is 40.4 Å². The highest BCUT2D eigenvalue weighted by atomic mass is 32.2. The first kappa shape index (κ1) is 18.7. The van der Waals surface area contributed by atoms with Gasteiger partial charge >= 0.3 is 0 Å². The summed E-state index contributed by atoms with van der Waals surface area (Å²) in [6.07, 6.45) is 1.62. The fraction of sp³-hybridized carbons (Fsp3) is 0.421. The van der Waals surface area contributed by atoms with Gasteiger partial charge in [0.15, 0.2) is 11.0 Å². The van der Waals surface area contributed by atoms with Gasteiger partial charge in [0, 0.05) is 13.0 Å². The fourth-order valence-electron chi connectivity index (χ4n) is 3.18. The minimum atomic E-state index is -0.0378. The highest BCUT2D eigenvalue weighted by Gasteiger charge is 2.17. The van der Waals surface area contributed by atoms with Crippen molar-refractivity contribution in [1.82, 2.24) is 29.3 Å². The predicted octanol–water partition coefficient (Wildman–Crippen LogP) is 3.33. The van der Waals surface area contributed by atoms with Crippen LogP contribution in [0.1, 0.15) is 38.9 Å². The molecule has 0 radical (unpaired) electrons. The first-order valence-corrected chi connectivity index (χ1v) is 10.4. The second-order valence-electron chi connectivity index (χ2n) is 7.08. The number of benzene rings is 1. The molecular weight excluding hydrogens is 376 g/mol. The average Bonchev–Trinajstić information content (AvgIpc) is 3.30. The van der Waals surface area contributed by atoms with E-state index in [9.17, 15) is 4.79 Å². The van der Waals surface area contributed by atoms with Crippen molar-refractivity contribution >= 4 is 28.4 Å². The van der Waals surface area contributed by atoms with E-state index in [0.717, 1.165) is 24.2 Å². The summed E-state index contributed by atoms with van der Waals surface area (Å²) >= 11 is 1.47. The van der Waals surface area contributed by atoms with E-state index in [4.69, 9.17) is 4.52 Å². The largest absolute Gasteiger partial charge is 0.338 e. The highest BCUT2D eigenvalue weighted by molar-refractivity contribution is 7.98. The number of aryl methyl sites for hydroxylation is 1. The summed E-state index contributed by atoms with van der Waals surface area (Å²) in [6, 6.07) is 7.54. The Balaban J connectivity index is 1.72. The molecule has 8 nitrogen and oxygen atoms in total. The molecule has 1 aromatic carbocycles. The second kappa shape index (κ2) is 7.75. The van der Waals surface area contributed by atoms with Crippen molar-refractivity contribution in [3.63, 3.8) is 0 Å². The molecular formula is C19H22N6O2S. The van der Waals surface area contributed by atoms with Gasteiger partial charge < -0.3 is 4.52 Å². The maximum atomic E-state index is 12.9. The Morgan fingerprint density at radius 3 is 2.82 bits per heavy atom. The molecule has 3 heterocycles. The molecule has 146 valence electrons. The standard InChI is InChI=1S/C19H22N6O2S/c1-4-9-24-17(26)13-7-5-6-8-14(13)25-18(24)21-22-19(25)28-11-16-20-15(23-27-16)10-12(2)3/h5-8,12H,4,9-11H2,1-3H3. The molecule has 4 aromatic rings. The third-order valence-electron chi connectivity index (χ3n) is 4.35. The van der Waals surface area contributed by atoms with Gasteiger partial charge in [0.05, 0.1) is 16.7 Å². The van der Waals surface area contributed by atoms with Crippen LogP contribution in [0.15, 0.2) is 38.7 Å². The molecule has 0 aliphatic heterocycles. The molecule has 0 unspecified atom stereocenters. The number of rotatable bonds is 7. The molecule has 3 aromatic heterocycles. The number of nitrogens with zero attached hydrogens (tertiary/aromatic N) is 6. The van der Waals surface area contributed by atoms with E-state index in [2.05, 4.69) is 34.2 Å². The molecule has 0 aliphatic carbocycles. The van der Waals surface area contributed by atoms with Crippen LogP contribution in [0.5, 0.6) is 0 Å². The monoisotopic (exact) mass is 398 g/mol. The third-order valence-corrected chi connectivity index (χ3v) is 5.26. The minimum absolute atomic E-state index is 0.0378. The first-order chi connectivity index (χ1) is 13.6. The lowest BCUT2D eigenvalue weighted by molar-refractivity contribution is 0.382. The van der Waals surface area contributed by atoms with Crippen LogP contribution in [-0.4, -0.2) is 29.3 Å². The average molecular weight is 398 g/mol. The van der Waals surface area contributed by atoms with Crippen molar-refractivity contribution in [3.8, 4) is 0 Å². The molecule has 9 heteroatoms. The first-order valence-electron chi connectivity index (χ1n) is 9.39. The number of thioether (sulfide) groups is 1. The summed E-state index contributed by atoms with van der Waals surface area (Å²) in [5.41, 5.74) is 0.762. The Bertz CT molecular complexity index is 1180. The Morgan fingerprint density at radius 1 is 1.21 bits per heavy atom. The van der Waals surface area contributed by atoms with E-state index in [-0.39, 0.29) is 5.56 Å². The summed E-state index contributed by atoms with van der Waals surface area (Å²) < 4.78 is 8.97. The van der Waals surface area contributed by atoms with E-state index in [1.807, 2.05) is 35.6 Å². The zero-order valence-corrected chi connectivity index (χ0v) is 16.9. The number of fused-ring (bicyclic) bond motifs is 3. The molecule has 0 saturated heterocycles. The second-order valence-corrected chi connectivity index (χ2v) is 8.03. The van der Waals surface area contributed by atoms with E-state index in [1.165, 1.54) is 11.8 Å². The maximum Gasteiger partial charge on any atom is 0.262 e. The Labute approximate surface area is 166 Å². The van der Waals surface area contributed by atoms with Crippen molar-refractivity contribution in [2.24, 2.45) is 5.92 Å². The summed E-state index contributed by atoms with van der Waals surface area (Å²) in [6.45, 7) is 6.87. The number of aromatic nitrogens is 6. The van der Waals surface area contributed by atoms with Gasteiger partial charge in [0.1, 0.15) is 0 Å². The van der Waals surface area contributed by atoms with Gasteiger partial charge in [0.2, 0.25) is 11.7 Å². The number of para-hydroxylation sites is 1. The molecule has 0 saturated carbocycles. The van der Waals surface area contributed by atoms with Crippen LogP contribution in [0, 0.1) is 5.92 Å². The lowest BCUT2D eigenvalue weighted by atomic mass is 10.1. The zero-order valence-electron chi connectivity index (χ0n) is 16.1. The van der Waals surface area contributed by atoms with Crippen molar-refractivity contribution in [2.75, 3.05) is 0 Å². The summed E-state index contributed by atoms with van der Waals surface area (Å²) in [7, 11) is 0. The van der Waals surface area contributed by atoms with Crippen molar-refractivity contribution in [1.29, 1.82) is 0 Å². The van der Waals surface area contributed by atoms with Gasteiger partial charge in [-0.2, -0.15) is 4.98 Å². The molecule has 0 aliphatic rings. The van der Waals surface area contributed by atoms with Gasteiger partial charge in [-0.3, -0.25) is 13.8 Å². The third kappa shape index (κ3) is 3.42. The molecule has 0 spiro atoms. The number of hydrogen-bond donors (Lipinski definition) is 0. The molecule has 0 fully saturated rings. The van der Waals surface area contributed by atoms with Crippen LogP contribution in [0.4, 0.5) is 0 Å². The SMILES string of the molecule is CCCn1c(=O)c2ccccc2n2c(SCc3nc(CC(C)C)no3)nnc12. The molecule has 0 atom stereocenters. The summed E-state index contributed by atoms with van der Waals surface area (Å²) in [4.78, 5) is 17.3. The van der Waals surface area contributed by atoms with Crippen LogP contribution in [0.3, 0.4) is 0 Å². The molecule has 28 heavy (non-hydrogen) atoms. The summed E-state index contributed by atoms with van der Waals surface area (Å²) in [5, 5.41) is 14.0. The van der Waals surface area contributed by atoms with Gasteiger partial charge in [0.25, 0.3) is 5.56 Å². The Hall–Kier alpha value is -2.68. The molecule has 0 bridgehead atoms. The zero-order chi connectivity index (χ0) is 19.7. The number of hydrogen-bond acceptors (Lipinski definition) is 7. The van der Waals surface area contributed by atoms with Crippen LogP contribution in [0.25, 0.3) is 16.7 Å². The highest BCUT2D eigenvalue weighted by Crippen LogP contribution is 2.24. The predicted molar refractivity (Wildman–Crippen MR) is 107 cm³/mol. The quantitative estimate of drug-likeness (QED) is 0.441. The van der Waals surface area contributed by atoms with Crippen LogP contribution in [-0.2, 0) is 18.7 Å². The van der Waals surface area contributed by atoms with Crippen LogP contribution >= 0.6 is 11.8 Å². The van der Waals surface area contributed by atoms with E-state index >= 15 is 0 Å². The van der Waals surface area contributed by atoms with Gasteiger partial charge in [-0.15, -0.1) is 10.2 Å². The smallest absolute Gasteiger partial charge is 0.262 e. The van der Waals surface area contributed by atoms with E-state index in [1.54, 1.807) is 4.57 Å². The lowest BCUT2D eigenvalue weighted by Crippen LogP contribution is -2.23. The normalized spacial score (nSPS) is 11.9. The minimum Gasteiger partial charge on any atom is -0.338 e. The Morgan fingerprint density at radius 2 is 2.04 bits per heavy atom. The summed E-state index contributed by atoms with van der Waals surface area (Å²) in [5.74, 6) is 2.80. The van der Waals surface area contributed by atoms with Gasteiger partial charge in [-0.1, -0.05) is 49.8 Å². The molecule has 0 N–H and O–H groups in total. The Kier molecular flexibility index (Phi) is 5.17. The van der Waals surface area contributed by atoms with Gasteiger partial charge in [-0.05, 0) is 24.5 Å². The van der Waals surface area contributed by atoms with Crippen molar-refractivity contribution in [3.05, 3.63) is 46.3 Å². The van der Waals surface area contributed by atoms with E-state index < -0.39 is 0 Å².